The van der Waals surface area contributed by atoms with Crippen LogP contribution in [-0.4, -0.2) is 50.9 Å². The lowest BCUT2D eigenvalue weighted by Crippen LogP contribution is -3.19. The molecule has 0 aromatic carbocycles. The molecule has 1 aliphatic rings. The van der Waals surface area contributed by atoms with E-state index in [1.807, 2.05) is 6.92 Å². The van der Waals surface area contributed by atoms with Gasteiger partial charge in [-0.1, -0.05) is 6.07 Å². The first-order valence-electron chi connectivity index (χ1n) is 8.10. The van der Waals surface area contributed by atoms with Crippen LogP contribution in [0.15, 0.2) is 33.2 Å². The number of carbonyl (C=O) groups is 1. The monoisotopic (exact) mass is 411 g/mol. The van der Waals surface area contributed by atoms with Crippen molar-refractivity contribution >= 4 is 43.6 Å². The van der Waals surface area contributed by atoms with Gasteiger partial charge in [-0.3, -0.25) is 4.79 Å². The molecule has 1 aliphatic heterocycles. The summed E-state index contributed by atoms with van der Waals surface area (Å²) in [4.78, 5) is 13.5. The maximum Gasteiger partial charge on any atom is 0.283 e. The summed E-state index contributed by atoms with van der Waals surface area (Å²) in [5.41, 5.74) is 0.456. The molecule has 0 radical (unpaired) electrons. The van der Waals surface area contributed by atoms with E-state index in [1.54, 1.807) is 29.0 Å². The minimum atomic E-state index is -3.43. The average molecular weight is 412 g/mol. The molecule has 1 saturated heterocycles. The number of piperazine rings is 1. The van der Waals surface area contributed by atoms with Gasteiger partial charge in [0.25, 0.3) is 15.9 Å². The van der Waals surface area contributed by atoms with Gasteiger partial charge in [-0.25, -0.2) is 8.42 Å². The fourth-order valence-corrected chi connectivity index (χ4v) is 6.21. The third-order valence-electron chi connectivity index (χ3n) is 4.48. The molecule has 138 valence electrons. The van der Waals surface area contributed by atoms with Crippen LogP contribution in [0.4, 0.5) is 5.00 Å². The molecule has 3 rings (SSSR count). The lowest BCUT2D eigenvalue weighted by atomic mass is 10.2. The minimum Gasteiger partial charge on any atom is -0.323 e. The van der Waals surface area contributed by atoms with Crippen molar-refractivity contribution in [2.75, 3.05) is 31.5 Å². The number of carbonyl (C=O) groups excluding carboxylic acids is 1. The van der Waals surface area contributed by atoms with Crippen LogP contribution in [0.25, 0.3) is 0 Å². The second-order valence-electron chi connectivity index (χ2n) is 5.98. The Balaban J connectivity index is 1.59. The number of thiophene rings is 2. The van der Waals surface area contributed by atoms with Crippen molar-refractivity contribution in [1.82, 2.24) is 4.31 Å². The van der Waals surface area contributed by atoms with Crippen molar-refractivity contribution in [1.29, 1.82) is 5.26 Å². The van der Waals surface area contributed by atoms with E-state index in [1.165, 1.54) is 27.0 Å². The van der Waals surface area contributed by atoms with Crippen LogP contribution in [0, 0.1) is 11.3 Å². The summed E-state index contributed by atoms with van der Waals surface area (Å²) in [7, 11) is -3.43. The van der Waals surface area contributed by atoms with Crippen molar-refractivity contribution in [2.45, 2.75) is 17.2 Å². The fourth-order valence-electron chi connectivity index (χ4n) is 2.88. The SMILES string of the molecule is C[C@H](C(=O)Nc1sccc1C#N)[NH+]1CCN(S(=O)(=O)c2cccs2)CC1. The Labute approximate surface area is 160 Å². The number of nitrogens with zero attached hydrogens (tertiary/aromatic N) is 2. The van der Waals surface area contributed by atoms with E-state index in [2.05, 4.69) is 11.4 Å². The number of hydrogen-bond donors (Lipinski definition) is 2. The summed E-state index contributed by atoms with van der Waals surface area (Å²) >= 11 is 2.53. The van der Waals surface area contributed by atoms with Crippen LogP contribution in [-0.2, 0) is 14.8 Å². The first-order valence-corrected chi connectivity index (χ1v) is 11.3. The highest BCUT2D eigenvalue weighted by atomic mass is 32.2. The van der Waals surface area contributed by atoms with E-state index in [0.29, 0.717) is 41.0 Å². The Bertz CT molecular complexity index is 907. The van der Waals surface area contributed by atoms with Gasteiger partial charge in [-0.2, -0.15) is 9.57 Å². The predicted molar refractivity (Wildman–Crippen MR) is 101 cm³/mol. The van der Waals surface area contributed by atoms with Crippen LogP contribution in [0.3, 0.4) is 0 Å². The van der Waals surface area contributed by atoms with E-state index in [0.717, 1.165) is 4.90 Å². The summed E-state index contributed by atoms with van der Waals surface area (Å²) < 4.78 is 27.0. The molecule has 1 atom stereocenters. The summed E-state index contributed by atoms with van der Waals surface area (Å²) in [5.74, 6) is -0.159. The Morgan fingerprint density at radius 3 is 2.65 bits per heavy atom. The smallest absolute Gasteiger partial charge is 0.283 e. The topological polar surface area (TPSA) is 94.7 Å². The summed E-state index contributed by atoms with van der Waals surface area (Å²) in [6.07, 6.45) is 0. The van der Waals surface area contributed by atoms with Crippen LogP contribution in [0.2, 0.25) is 0 Å². The van der Waals surface area contributed by atoms with Gasteiger partial charge in [0.2, 0.25) is 0 Å². The molecule has 10 heteroatoms. The third-order valence-corrected chi connectivity index (χ3v) is 8.58. The molecule has 26 heavy (non-hydrogen) atoms. The average Bonchev–Trinajstić information content (AvgIpc) is 3.33. The highest BCUT2D eigenvalue weighted by Crippen LogP contribution is 2.22. The molecule has 0 aliphatic carbocycles. The maximum absolute atomic E-state index is 12.6. The Kier molecular flexibility index (Phi) is 5.74. The molecule has 1 fully saturated rings. The molecule has 0 bridgehead atoms. The third kappa shape index (κ3) is 3.82. The standard InChI is InChI=1S/C16H18N4O3S3/c1-12(15(21)18-16-13(11-17)4-10-25-16)19-5-7-20(8-6-19)26(22,23)14-3-2-9-24-14/h2-4,9-10,12H,5-8H2,1H3,(H,18,21)/p+1/t12-/m1/s1. The number of anilines is 1. The highest BCUT2D eigenvalue weighted by molar-refractivity contribution is 7.91. The van der Waals surface area contributed by atoms with Gasteiger partial charge in [-0.05, 0) is 29.8 Å². The van der Waals surface area contributed by atoms with E-state index in [4.69, 9.17) is 5.26 Å². The molecule has 0 unspecified atom stereocenters. The lowest BCUT2D eigenvalue weighted by Gasteiger charge is -2.33. The van der Waals surface area contributed by atoms with Crippen LogP contribution in [0.5, 0.6) is 0 Å². The number of quaternary nitrogens is 1. The zero-order chi connectivity index (χ0) is 18.7. The number of sulfonamides is 1. The van der Waals surface area contributed by atoms with Crippen LogP contribution in [0.1, 0.15) is 12.5 Å². The van der Waals surface area contributed by atoms with Crippen molar-refractivity contribution in [3.05, 3.63) is 34.5 Å². The largest absolute Gasteiger partial charge is 0.323 e. The molecule has 7 nitrogen and oxygen atoms in total. The maximum atomic E-state index is 12.6. The van der Waals surface area contributed by atoms with Gasteiger partial charge in [0.1, 0.15) is 15.3 Å². The van der Waals surface area contributed by atoms with E-state index in [-0.39, 0.29) is 11.9 Å². The van der Waals surface area contributed by atoms with Crippen molar-refractivity contribution in [3.8, 4) is 6.07 Å². The first-order chi connectivity index (χ1) is 12.4. The van der Waals surface area contributed by atoms with Crippen molar-refractivity contribution < 1.29 is 18.1 Å². The van der Waals surface area contributed by atoms with Gasteiger partial charge >= 0.3 is 0 Å². The molecule has 0 saturated carbocycles. The fraction of sp³-hybridized carbons (Fsp3) is 0.375. The second kappa shape index (κ2) is 7.85. The van der Waals surface area contributed by atoms with Crippen LogP contribution >= 0.6 is 22.7 Å². The second-order valence-corrected chi connectivity index (χ2v) is 10.0. The highest BCUT2D eigenvalue weighted by Gasteiger charge is 2.35. The Hall–Kier alpha value is -1.77. The van der Waals surface area contributed by atoms with Gasteiger partial charge in [0, 0.05) is 0 Å². The lowest BCUT2D eigenvalue weighted by molar-refractivity contribution is -0.917. The zero-order valence-electron chi connectivity index (χ0n) is 14.1. The van der Waals surface area contributed by atoms with Gasteiger partial charge in [0.05, 0.1) is 31.7 Å². The molecule has 2 N–H and O–H groups in total. The molecule has 2 aromatic heterocycles. The molecule has 2 aromatic rings. The van der Waals surface area contributed by atoms with Crippen molar-refractivity contribution in [3.63, 3.8) is 0 Å². The molecule has 3 heterocycles. The van der Waals surface area contributed by atoms with Gasteiger partial charge in [0.15, 0.2) is 6.04 Å². The minimum absolute atomic E-state index is 0.159. The normalized spacial score (nSPS) is 17.5. The molecule has 0 spiro atoms. The first kappa shape index (κ1) is 19.0. The van der Waals surface area contributed by atoms with Crippen molar-refractivity contribution in [2.24, 2.45) is 0 Å². The zero-order valence-corrected chi connectivity index (χ0v) is 16.6. The Morgan fingerprint density at radius 2 is 2.04 bits per heavy atom. The van der Waals surface area contributed by atoms with E-state index in [9.17, 15) is 13.2 Å². The van der Waals surface area contributed by atoms with E-state index >= 15 is 0 Å². The van der Waals surface area contributed by atoms with Crippen LogP contribution < -0.4 is 10.2 Å². The predicted octanol–water partition coefficient (Wildman–Crippen LogP) is 0.598. The van der Waals surface area contributed by atoms with Gasteiger partial charge < -0.3 is 10.2 Å². The molecular formula is C16H19N4O3S3+. The summed E-state index contributed by atoms with van der Waals surface area (Å²) in [5, 5.41) is 15.9. The molecule has 1 amide bonds. The summed E-state index contributed by atoms with van der Waals surface area (Å²) in [6.45, 7) is 3.72. The Morgan fingerprint density at radius 1 is 1.31 bits per heavy atom. The van der Waals surface area contributed by atoms with E-state index < -0.39 is 10.0 Å². The number of hydrogen-bond acceptors (Lipinski definition) is 6. The number of rotatable bonds is 5. The summed E-state index contributed by atoms with van der Waals surface area (Å²) in [6, 6.07) is 6.74. The van der Waals surface area contributed by atoms with Gasteiger partial charge in [-0.15, -0.1) is 22.7 Å². The number of nitrogens with one attached hydrogen (secondary N) is 2. The number of nitriles is 1. The quantitative estimate of drug-likeness (QED) is 0.753. The molecular weight excluding hydrogens is 392 g/mol. The number of amides is 1.